The van der Waals surface area contributed by atoms with Crippen LogP contribution in [0.4, 0.5) is 0 Å². The summed E-state index contributed by atoms with van der Waals surface area (Å²) in [7, 11) is 1.65. The van der Waals surface area contributed by atoms with Crippen LogP contribution in [0, 0.1) is 6.92 Å². The number of rotatable bonds is 1. The molecule has 4 heteroatoms. The highest BCUT2D eigenvalue weighted by atomic mass is 79.9. The number of hydrogen-bond acceptors (Lipinski definition) is 2. The van der Waals surface area contributed by atoms with Crippen LogP contribution in [-0.4, -0.2) is 16.5 Å². The summed E-state index contributed by atoms with van der Waals surface area (Å²) in [5.41, 5.74) is 1.87. The van der Waals surface area contributed by atoms with Crippen LogP contribution in [0.1, 0.15) is 5.69 Å². The van der Waals surface area contributed by atoms with Crippen LogP contribution >= 0.6 is 15.9 Å². The second-order valence-electron chi connectivity index (χ2n) is 2.78. The monoisotopic (exact) mass is 240 g/mol. The Morgan fingerprint density at radius 3 is 3.00 bits per heavy atom. The van der Waals surface area contributed by atoms with E-state index in [2.05, 4.69) is 20.9 Å². The highest BCUT2D eigenvalue weighted by Crippen LogP contribution is 2.21. The first-order valence-electron chi connectivity index (χ1n) is 3.90. The molecule has 68 valence electrons. The average Bonchev–Trinajstić information content (AvgIpc) is 2.42. The van der Waals surface area contributed by atoms with Crippen molar-refractivity contribution in [2.75, 3.05) is 7.11 Å². The Balaban J connectivity index is 2.73. The molecule has 0 radical (unpaired) electrons. The van der Waals surface area contributed by atoms with Gasteiger partial charge in [-0.2, -0.15) is 0 Å². The van der Waals surface area contributed by atoms with Gasteiger partial charge < -0.3 is 4.74 Å². The molecule has 2 aromatic heterocycles. The van der Waals surface area contributed by atoms with Crippen LogP contribution in [0.3, 0.4) is 0 Å². The first-order chi connectivity index (χ1) is 6.22. The number of aryl methyl sites for hydroxylation is 1. The molecule has 0 aromatic carbocycles. The number of halogens is 1. The Kier molecular flexibility index (Phi) is 2.00. The summed E-state index contributed by atoms with van der Waals surface area (Å²) in [5, 5.41) is 0. The normalized spacial score (nSPS) is 10.7. The third-order valence-electron chi connectivity index (χ3n) is 1.93. The maximum absolute atomic E-state index is 5.10. The van der Waals surface area contributed by atoms with Gasteiger partial charge in [0.05, 0.1) is 12.8 Å². The zero-order chi connectivity index (χ0) is 9.42. The molecule has 0 aliphatic rings. The van der Waals surface area contributed by atoms with Crippen molar-refractivity contribution < 1.29 is 4.74 Å². The van der Waals surface area contributed by atoms with Crippen molar-refractivity contribution in [2.24, 2.45) is 0 Å². The van der Waals surface area contributed by atoms with Crippen LogP contribution in [0.2, 0.25) is 0 Å². The molecule has 0 N–H and O–H groups in total. The van der Waals surface area contributed by atoms with E-state index in [9.17, 15) is 0 Å². The number of hydrogen-bond donors (Lipinski definition) is 0. The first kappa shape index (κ1) is 8.56. The molecule has 0 saturated heterocycles. The number of nitrogens with zero attached hydrogens (tertiary/aromatic N) is 2. The summed E-state index contributed by atoms with van der Waals surface area (Å²) in [6.07, 6.45) is 1.93. The quantitative estimate of drug-likeness (QED) is 0.766. The molecule has 0 spiro atoms. The van der Waals surface area contributed by atoms with Crippen LogP contribution in [0.15, 0.2) is 22.9 Å². The lowest BCUT2D eigenvalue weighted by Crippen LogP contribution is -1.87. The molecule has 0 aliphatic heterocycles. The predicted octanol–water partition coefficient (Wildman–Crippen LogP) is 2.41. The average molecular weight is 241 g/mol. The fourth-order valence-electron chi connectivity index (χ4n) is 1.24. The molecule has 2 heterocycles. The fourth-order valence-corrected chi connectivity index (χ4v) is 1.63. The zero-order valence-electron chi connectivity index (χ0n) is 7.41. The lowest BCUT2D eigenvalue weighted by Gasteiger charge is -1.99. The Bertz CT molecular complexity index is 450. The minimum atomic E-state index is 0.824. The Labute approximate surface area is 84.5 Å². The number of imidazole rings is 1. The molecule has 0 unspecified atom stereocenters. The maximum atomic E-state index is 5.10. The van der Waals surface area contributed by atoms with E-state index >= 15 is 0 Å². The van der Waals surface area contributed by atoms with E-state index in [1.54, 1.807) is 7.11 Å². The highest BCUT2D eigenvalue weighted by Gasteiger charge is 2.05. The van der Waals surface area contributed by atoms with Crippen molar-refractivity contribution in [2.45, 2.75) is 6.92 Å². The third-order valence-corrected chi connectivity index (χ3v) is 2.89. The van der Waals surface area contributed by atoms with Gasteiger partial charge in [0, 0.05) is 12.3 Å². The molecule has 3 nitrogen and oxygen atoms in total. The Morgan fingerprint density at radius 2 is 2.31 bits per heavy atom. The molecule has 2 rings (SSSR count). The number of methoxy groups -OCH3 is 1. The van der Waals surface area contributed by atoms with Crippen LogP contribution in [0.25, 0.3) is 5.65 Å². The molecule has 0 atom stereocenters. The predicted molar refractivity (Wildman–Crippen MR) is 54.2 cm³/mol. The number of fused-ring (bicyclic) bond motifs is 1. The maximum Gasteiger partial charge on any atom is 0.141 e. The number of pyridine rings is 1. The summed E-state index contributed by atoms with van der Waals surface area (Å²) >= 11 is 3.46. The minimum Gasteiger partial charge on any atom is -0.497 e. The third kappa shape index (κ3) is 1.31. The summed E-state index contributed by atoms with van der Waals surface area (Å²) in [5.74, 6) is 0.824. The van der Waals surface area contributed by atoms with Crippen LogP contribution < -0.4 is 4.74 Å². The van der Waals surface area contributed by atoms with E-state index in [-0.39, 0.29) is 0 Å². The molecule has 0 aliphatic carbocycles. The van der Waals surface area contributed by atoms with Gasteiger partial charge in [-0.3, -0.25) is 4.40 Å². The SMILES string of the molecule is COc1ccn2c(Br)c(C)nc2c1. The summed E-state index contributed by atoms with van der Waals surface area (Å²) in [4.78, 5) is 4.36. The molecule has 0 bridgehead atoms. The Hall–Kier alpha value is -1.03. The van der Waals surface area contributed by atoms with Crippen molar-refractivity contribution in [1.29, 1.82) is 0 Å². The number of ether oxygens (including phenoxy) is 1. The summed E-state index contributed by atoms with van der Waals surface area (Å²) in [6.45, 7) is 1.96. The van der Waals surface area contributed by atoms with Gasteiger partial charge in [0.15, 0.2) is 0 Å². The Morgan fingerprint density at radius 1 is 1.54 bits per heavy atom. The van der Waals surface area contributed by atoms with E-state index in [1.807, 2.05) is 29.7 Å². The first-order valence-corrected chi connectivity index (χ1v) is 4.70. The van der Waals surface area contributed by atoms with Crippen LogP contribution in [-0.2, 0) is 0 Å². The highest BCUT2D eigenvalue weighted by molar-refractivity contribution is 9.10. The summed E-state index contributed by atoms with van der Waals surface area (Å²) < 4.78 is 8.06. The fraction of sp³-hybridized carbons (Fsp3) is 0.222. The minimum absolute atomic E-state index is 0.824. The molecular weight excluding hydrogens is 232 g/mol. The van der Waals surface area contributed by atoms with Gasteiger partial charge in [-0.05, 0) is 28.9 Å². The van der Waals surface area contributed by atoms with Gasteiger partial charge in [-0.1, -0.05) is 0 Å². The molecule has 0 fully saturated rings. The van der Waals surface area contributed by atoms with Gasteiger partial charge in [-0.15, -0.1) is 0 Å². The molecule has 0 saturated carbocycles. The van der Waals surface area contributed by atoms with E-state index in [0.29, 0.717) is 0 Å². The lowest BCUT2D eigenvalue weighted by molar-refractivity contribution is 0.414. The van der Waals surface area contributed by atoms with Crippen molar-refractivity contribution >= 4 is 21.6 Å². The zero-order valence-corrected chi connectivity index (χ0v) is 9.00. The van der Waals surface area contributed by atoms with E-state index in [1.165, 1.54) is 0 Å². The second-order valence-corrected chi connectivity index (χ2v) is 3.53. The van der Waals surface area contributed by atoms with Gasteiger partial charge in [0.1, 0.15) is 16.0 Å². The lowest BCUT2D eigenvalue weighted by atomic mass is 10.4. The molecule has 2 aromatic rings. The van der Waals surface area contributed by atoms with Crippen LogP contribution in [0.5, 0.6) is 5.75 Å². The van der Waals surface area contributed by atoms with E-state index in [4.69, 9.17) is 4.74 Å². The standard InChI is InChI=1S/C9H9BrN2O/c1-6-9(10)12-4-3-7(13-2)5-8(12)11-6/h3-5H,1-2H3. The number of aromatic nitrogens is 2. The molecule has 0 amide bonds. The van der Waals surface area contributed by atoms with E-state index in [0.717, 1.165) is 21.7 Å². The van der Waals surface area contributed by atoms with Crippen molar-refractivity contribution in [3.8, 4) is 5.75 Å². The topological polar surface area (TPSA) is 26.5 Å². The van der Waals surface area contributed by atoms with Crippen molar-refractivity contribution in [3.05, 3.63) is 28.6 Å². The van der Waals surface area contributed by atoms with Crippen molar-refractivity contribution in [1.82, 2.24) is 9.38 Å². The van der Waals surface area contributed by atoms with Gasteiger partial charge in [0.25, 0.3) is 0 Å². The largest absolute Gasteiger partial charge is 0.497 e. The molecule has 13 heavy (non-hydrogen) atoms. The van der Waals surface area contributed by atoms with Crippen molar-refractivity contribution in [3.63, 3.8) is 0 Å². The van der Waals surface area contributed by atoms with Gasteiger partial charge >= 0.3 is 0 Å². The van der Waals surface area contributed by atoms with Gasteiger partial charge in [0.2, 0.25) is 0 Å². The second kappa shape index (κ2) is 3.03. The molecular formula is C9H9BrN2O. The van der Waals surface area contributed by atoms with Gasteiger partial charge in [-0.25, -0.2) is 4.98 Å². The van der Waals surface area contributed by atoms with E-state index < -0.39 is 0 Å². The summed E-state index contributed by atoms with van der Waals surface area (Å²) in [6, 6.07) is 3.80. The smallest absolute Gasteiger partial charge is 0.141 e.